The zero-order chi connectivity index (χ0) is 11.9. The number of hydrogen-bond acceptors (Lipinski definition) is 4. The Morgan fingerprint density at radius 1 is 1.07 bits per heavy atom. The maximum atomic E-state index is 10.6. The minimum Gasteiger partial charge on any atom is -0.466 e. The molecule has 0 aromatic heterocycles. The number of rotatable bonds is 6. The second kappa shape index (κ2) is 6.43. The molecule has 4 heteroatoms. The second-order valence-electron chi connectivity index (χ2n) is 4.39. The Balaban J connectivity index is 3.64. The fraction of sp³-hybridized carbons (Fsp3) is 0.818. The van der Waals surface area contributed by atoms with E-state index in [1.807, 2.05) is 13.8 Å². The Morgan fingerprint density at radius 2 is 1.60 bits per heavy atom. The van der Waals surface area contributed by atoms with Gasteiger partial charge in [0.05, 0.1) is 13.2 Å². The van der Waals surface area contributed by atoms with Gasteiger partial charge in [-0.3, -0.25) is 9.59 Å². The molecule has 0 heterocycles. The highest BCUT2D eigenvalue weighted by molar-refractivity contribution is 5.66. The van der Waals surface area contributed by atoms with Gasteiger partial charge in [-0.25, -0.2) is 0 Å². The Morgan fingerprint density at radius 3 is 2.07 bits per heavy atom. The van der Waals surface area contributed by atoms with E-state index < -0.39 is 0 Å². The molecular weight excluding hydrogens is 196 g/mol. The summed E-state index contributed by atoms with van der Waals surface area (Å²) in [6.45, 7) is 7.66. The van der Waals surface area contributed by atoms with E-state index in [-0.39, 0.29) is 17.4 Å². The van der Waals surface area contributed by atoms with Gasteiger partial charge in [0.25, 0.3) is 0 Å². The van der Waals surface area contributed by atoms with Crippen LogP contribution in [0.25, 0.3) is 0 Å². The first kappa shape index (κ1) is 13.9. The molecule has 0 aliphatic rings. The van der Waals surface area contributed by atoms with Gasteiger partial charge >= 0.3 is 11.9 Å². The number of carbonyl (C=O) groups excluding carboxylic acids is 2. The average molecular weight is 216 g/mol. The summed E-state index contributed by atoms with van der Waals surface area (Å²) in [5.41, 5.74) is -0.0637. The number of hydrogen-bond donors (Lipinski definition) is 0. The van der Waals surface area contributed by atoms with Crippen LogP contribution in [0.5, 0.6) is 0 Å². The number of ether oxygens (including phenoxy) is 2. The first-order valence-corrected chi connectivity index (χ1v) is 5.10. The summed E-state index contributed by atoms with van der Waals surface area (Å²) in [6, 6.07) is 0. The molecule has 0 amide bonds. The van der Waals surface area contributed by atoms with Crippen LogP contribution in [-0.4, -0.2) is 25.2 Å². The summed E-state index contributed by atoms with van der Waals surface area (Å²) >= 11 is 0. The highest BCUT2D eigenvalue weighted by Crippen LogP contribution is 2.22. The lowest BCUT2D eigenvalue weighted by Crippen LogP contribution is -2.21. The molecule has 0 radical (unpaired) electrons. The Labute approximate surface area is 90.9 Å². The summed E-state index contributed by atoms with van der Waals surface area (Å²) in [5, 5.41) is 0. The predicted molar refractivity (Wildman–Crippen MR) is 56.3 cm³/mol. The highest BCUT2D eigenvalue weighted by Gasteiger charge is 2.19. The predicted octanol–water partition coefficient (Wildman–Crippen LogP) is 1.92. The fourth-order valence-corrected chi connectivity index (χ4v) is 1.14. The molecule has 0 unspecified atom stereocenters. The van der Waals surface area contributed by atoms with Gasteiger partial charge in [0.1, 0.15) is 0 Å². The van der Waals surface area contributed by atoms with Gasteiger partial charge in [0.2, 0.25) is 0 Å². The summed E-state index contributed by atoms with van der Waals surface area (Å²) in [5.74, 6) is -0.518. The van der Waals surface area contributed by atoms with Crippen LogP contribution in [0.1, 0.15) is 40.5 Å². The van der Waals surface area contributed by atoms with Crippen molar-refractivity contribution in [1.82, 2.24) is 0 Å². The molecule has 0 spiro atoms. The molecule has 0 atom stereocenters. The zero-order valence-electron chi connectivity index (χ0n) is 9.96. The van der Waals surface area contributed by atoms with Crippen LogP contribution in [0.15, 0.2) is 0 Å². The third kappa shape index (κ3) is 9.25. The summed E-state index contributed by atoms with van der Waals surface area (Å²) in [6.07, 6.45) is 1.64. The van der Waals surface area contributed by atoms with Gasteiger partial charge in [-0.15, -0.1) is 0 Å². The maximum Gasteiger partial charge on any atom is 0.302 e. The quantitative estimate of drug-likeness (QED) is 0.503. The maximum absolute atomic E-state index is 10.6. The lowest BCUT2D eigenvalue weighted by Gasteiger charge is -2.23. The van der Waals surface area contributed by atoms with E-state index in [0.717, 1.165) is 12.8 Å². The van der Waals surface area contributed by atoms with Crippen LogP contribution < -0.4 is 0 Å². The summed E-state index contributed by atoms with van der Waals surface area (Å²) in [4.78, 5) is 21.1. The molecule has 0 aromatic carbocycles. The Bertz CT molecular complexity index is 221. The Kier molecular flexibility index (Phi) is 5.97. The molecular formula is C11H20O4. The molecule has 0 bridgehead atoms. The van der Waals surface area contributed by atoms with Crippen LogP contribution in [0.2, 0.25) is 0 Å². The molecule has 0 saturated carbocycles. The van der Waals surface area contributed by atoms with Crippen molar-refractivity contribution in [3.63, 3.8) is 0 Å². The van der Waals surface area contributed by atoms with Crippen LogP contribution in [-0.2, 0) is 19.1 Å². The van der Waals surface area contributed by atoms with Crippen molar-refractivity contribution in [2.24, 2.45) is 5.41 Å². The van der Waals surface area contributed by atoms with Crippen molar-refractivity contribution < 1.29 is 19.1 Å². The first-order chi connectivity index (χ1) is 6.83. The molecule has 15 heavy (non-hydrogen) atoms. The normalized spacial score (nSPS) is 10.9. The summed E-state index contributed by atoms with van der Waals surface area (Å²) < 4.78 is 9.75. The largest absolute Gasteiger partial charge is 0.466 e. The number of carbonyl (C=O) groups is 2. The molecule has 0 saturated heterocycles. The lowest BCUT2D eigenvalue weighted by atomic mass is 9.89. The van der Waals surface area contributed by atoms with Crippen molar-refractivity contribution in [2.45, 2.75) is 40.5 Å². The SMILES string of the molecule is CC(=O)OCCCC(C)(C)COC(C)=O. The molecule has 4 nitrogen and oxygen atoms in total. The molecule has 0 aromatic rings. The molecule has 88 valence electrons. The third-order valence-corrected chi connectivity index (χ3v) is 1.97. The smallest absolute Gasteiger partial charge is 0.302 e. The van der Waals surface area contributed by atoms with Gasteiger partial charge in [0.15, 0.2) is 0 Å². The minimum atomic E-state index is -0.261. The minimum absolute atomic E-state index is 0.0637. The highest BCUT2D eigenvalue weighted by atomic mass is 16.5. The van der Waals surface area contributed by atoms with E-state index in [0.29, 0.717) is 13.2 Å². The van der Waals surface area contributed by atoms with Crippen LogP contribution in [0.4, 0.5) is 0 Å². The van der Waals surface area contributed by atoms with Crippen molar-refractivity contribution in [2.75, 3.05) is 13.2 Å². The van der Waals surface area contributed by atoms with Crippen molar-refractivity contribution in [1.29, 1.82) is 0 Å². The second-order valence-corrected chi connectivity index (χ2v) is 4.39. The van der Waals surface area contributed by atoms with E-state index in [1.165, 1.54) is 13.8 Å². The fourth-order valence-electron chi connectivity index (χ4n) is 1.14. The average Bonchev–Trinajstić information content (AvgIpc) is 2.09. The van der Waals surface area contributed by atoms with Gasteiger partial charge in [-0.1, -0.05) is 13.8 Å². The molecule has 0 rings (SSSR count). The van der Waals surface area contributed by atoms with Gasteiger partial charge < -0.3 is 9.47 Å². The van der Waals surface area contributed by atoms with E-state index in [9.17, 15) is 9.59 Å². The lowest BCUT2D eigenvalue weighted by molar-refractivity contribution is -0.144. The monoisotopic (exact) mass is 216 g/mol. The third-order valence-electron chi connectivity index (χ3n) is 1.97. The van der Waals surface area contributed by atoms with Gasteiger partial charge in [0, 0.05) is 13.8 Å². The standard InChI is InChI=1S/C11H20O4/c1-9(12)14-7-5-6-11(3,4)8-15-10(2)13/h5-8H2,1-4H3. The van der Waals surface area contributed by atoms with Gasteiger partial charge in [-0.2, -0.15) is 0 Å². The van der Waals surface area contributed by atoms with E-state index in [4.69, 9.17) is 9.47 Å². The van der Waals surface area contributed by atoms with Crippen LogP contribution >= 0.6 is 0 Å². The zero-order valence-corrected chi connectivity index (χ0v) is 9.96. The van der Waals surface area contributed by atoms with Crippen LogP contribution in [0.3, 0.4) is 0 Å². The van der Waals surface area contributed by atoms with E-state index in [1.54, 1.807) is 0 Å². The topological polar surface area (TPSA) is 52.6 Å². The van der Waals surface area contributed by atoms with Crippen LogP contribution in [0, 0.1) is 5.41 Å². The van der Waals surface area contributed by atoms with Gasteiger partial charge in [-0.05, 0) is 18.3 Å². The molecule has 0 fully saturated rings. The first-order valence-electron chi connectivity index (χ1n) is 5.10. The summed E-state index contributed by atoms with van der Waals surface area (Å²) in [7, 11) is 0. The van der Waals surface area contributed by atoms with E-state index in [2.05, 4.69) is 0 Å². The molecule has 0 N–H and O–H groups in total. The van der Waals surface area contributed by atoms with Crippen molar-refractivity contribution >= 4 is 11.9 Å². The van der Waals surface area contributed by atoms with E-state index >= 15 is 0 Å². The van der Waals surface area contributed by atoms with Crippen molar-refractivity contribution in [3.8, 4) is 0 Å². The number of esters is 2. The molecule has 0 aliphatic heterocycles. The van der Waals surface area contributed by atoms with Crippen molar-refractivity contribution in [3.05, 3.63) is 0 Å². The Hall–Kier alpha value is -1.06. The molecule has 0 aliphatic carbocycles.